The lowest BCUT2D eigenvalue weighted by Crippen LogP contribution is -2.23. The van der Waals surface area contributed by atoms with Crippen molar-refractivity contribution >= 4 is 0 Å². The predicted octanol–water partition coefficient (Wildman–Crippen LogP) is 1.32. The Balaban J connectivity index is 2.01. The van der Waals surface area contributed by atoms with Crippen LogP contribution >= 0.6 is 0 Å². The predicted molar refractivity (Wildman–Crippen MR) is 61.3 cm³/mol. The summed E-state index contributed by atoms with van der Waals surface area (Å²) >= 11 is 0. The number of hydrogen-bond acceptors (Lipinski definition) is 4. The maximum absolute atomic E-state index is 9.70. The maximum atomic E-state index is 9.70. The molecule has 0 amide bonds. The number of aromatic hydroxyl groups is 1. The third-order valence-corrected chi connectivity index (χ3v) is 3.03. The Morgan fingerprint density at radius 2 is 2.38 bits per heavy atom. The summed E-state index contributed by atoms with van der Waals surface area (Å²) in [6.07, 6.45) is 1.38. The second-order valence-electron chi connectivity index (χ2n) is 4.30. The molecule has 0 saturated carbocycles. The third-order valence-electron chi connectivity index (χ3n) is 3.03. The maximum Gasteiger partial charge on any atom is 0.138 e. The van der Waals surface area contributed by atoms with Crippen molar-refractivity contribution < 1.29 is 9.84 Å². The van der Waals surface area contributed by atoms with Crippen LogP contribution in [0.1, 0.15) is 17.8 Å². The molecule has 1 aliphatic rings. The lowest BCUT2D eigenvalue weighted by molar-refractivity contribution is 0.107. The van der Waals surface area contributed by atoms with Crippen molar-refractivity contribution in [3.63, 3.8) is 0 Å². The van der Waals surface area contributed by atoms with E-state index in [0.717, 1.165) is 30.9 Å². The number of aromatic nitrogens is 1. The first-order valence-corrected chi connectivity index (χ1v) is 5.59. The Bertz CT molecular complexity index is 368. The van der Waals surface area contributed by atoms with E-state index in [0.29, 0.717) is 12.6 Å². The average molecular weight is 222 g/mol. The number of rotatable bonds is 3. The minimum atomic E-state index is 0.284. The van der Waals surface area contributed by atoms with Crippen LogP contribution in [0.3, 0.4) is 0 Å². The first-order chi connectivity index (χ1) is 7.69. The molecule has 1 unspecified atom stereocenters. The monoisotopic (exact) mass is 222 g/mol. The van der Waals surface area contributed by atoms with E-state index in [2.05, 4.69) is 9.88 Å². The van der Waals surface area contributed by atoms with Crippen molar-refractivity contribution in [2.24, 2.45) is 0 Å². The van der Waals surface area contributed by atoms with Crippen LogP contribution in [-0.2, 0) is 11.3 Å². The highest BCUT2D eigenvalue weighted by atomic mass is 16.5. The molecule has 4 heteroatoms. The van der Waals surface area contributed by atoms with Crippen molar-refractivity contribution in [2.75, 3.05) is 20.2 Å². The molecule has 0 spiro atoms. The Morgan fingerprint density at radius 1 is 1.56 bits per heavy atom. The zero-order chi connectivity index (χ0) is 11.5. The van der Waals surface area contributed by atoms with Gasteiger partial charge in [0.25, 0.3) is 0 Å². The molecule has 88 valence electrons. The molecule has 1 N–H and O–H groups in total. The van der Waals surface area contributed by atoms with Gasteiger partial charge in [-0.25, -0.2) is 0 Å². The summed E-state index contributed by atoms with van der Waals surface area (Å²) in [5.74, 6) is 0.284. The molecule has 1 aliphatic heterocycles. The Morgan fingerprint density at radius 3 is 3.06 bits per heavy atom. The quantitative estimate of drug-likeness (QED) is 0.837. The molecule has 0 bridgehead atoms. The summed E-state index contributed by atoms with van der Waals surface area (Å²) in [7, 11) is 1.75. The fraction of sp³-hybridized carbons (Fsp3) is 0.583. The molecule has 0 aliphatic carbocycles. The van der Waals surface area contributed by atoms with Crippen LogP contribution in [0.5, 0.6) is 5.75 Å². The van der Waals surface area contributed by atoms with Crippen LogP contribution in [0.4, 0.5) is 0 Å². The van der Waals surface area contributed by atoms with Crippen molar-refractivity contribution in [2.45, 2.75) is 26.0 Å². The molecular weight excluding hydrogens is 204 g/mol. The van der Waals surface area contributed by atoms with E-state index in [4.69, 9.17) is 4.74 Å². The number of hydrogen-bond donors (Lipinski definition) is 1. The molecule has 1 fully saturated rings. The first kappa shape index (κ1) is 11.4. The molecule has 0 radical (unpaired) electrons. The summed E-state index contributed by atoms with van der Waals surface area (Å²) in [4.78, 5) is 6.61. The van der Waals surface area contributed by atoms with Crippen LogP contribution in [0, 0.1) is 6.92 Å². The van der Waals surface area contributed by atoms with Gasteiger partial charge in [0, 0.05) is 32.4 Å². The zero-order valence-corrected chi connectivity index (χ0v) is 9.81. The topological polar surface area (TPSA) is 45.6 Å². The molecule has 2 rings (SSSR count). The van der Waals surface area contributed by atoms with Gasteiger partial charge in [0.15, 0.2) is 0 Å². The molecule has 1 saturated heterocycles. The number of nitrogens with zero attached hydrogens (tertiary/aromatic N) is 2. The van der Waals surface area contributed by atoms with E-state index in [9.17, 15) is 5.11 Å². The highest BCUT2D eigenvalue weighted by Crippen LogP contribution is 2.20. The highest BCUT2D eigenvalue weighted by Gasteiger charge is 2.22. The van der Waals surface area contributed by atoms with Gasteiger partial charge in [-0.2, -0.15) is 0 Å². The second-order valence-corrected chi connectivity index (χ2v) is 4.30. The summed E-state index contributed by atoms with van der Waals surface area (Å²) in [6.45, 7) is 4.57. The van der Waals surface area contributed by atoms with Crippen LogP contribution < -0.4 is 0 Å². The largest absolute Gasteiger partial charge is 0.506 e. The number of ether oxygens (including phenoxy) is 1. The van der Waals surface area contributed by atoms with E-state index < -0.39 is 0 Å². The lowest BCUT2D eigenvalue weighted by atomic mass is 10.2. The fourth-order valence-electron chi connectivity index (χ4n) is 2.06. The molecule has 0 aromatic carbocycles. The average Bonchev–Trinajstić information content (AvgIpc) is 2.71. The van der Waals surface area contributed by atoms with Crippen molar-refractivity contribution in [3.8, 4) is 5.75 Å². The molecule has 16 heavy (non-hydrogen) atoms. The summed E-state index contributed by atoms with van der Waals surface area (Å²) < 4.78 is 5.31. The summed E-state index contributed by atoms with van der Waals surface area (Å²) in [6, 6.07) is 3.53. The number of likely N-dealkylation sites (tertiary alicyclic amines) is 1. The van der Waals surface area contributed by atoms with Gasteiger partial charge in [-0.1, -0.05) is 0 Å². The minimum absolute atomic E-state index is 0.284. The number of aryl methyl sites for hydroxylation is 1. The Hall–Kier alpha value is -1.13. The second kappa shape index (κ2) is 4.80. The van der Waals surface area contributed by atoms with Crippen molar-refractivity contribution in [1.29, 1.82) is 0 Å². The Kier molecular flexibility index (Phi) is 3.41. The van der Waals surface area contributed by atoms with Gasteiger partial charge >= 0.3 is 0 Å². The van der Waals surface area contributed by atoms with Gasteiger partial charge in [0.2, 0.25) is 0 Å². The number of methoxy groups -OCH3 is 1. The SMILES string of the molecule is COC1CCN(Cc2nc(C)ccc2O)C1. The van der Waals surface area contributed by atoms with Gasteiger partial charge in [0.1, 0.15) is 5.75 Å². The van der Waals surface area contributed by atoms with E-state index in [1.165, 1.54) is 0 Å². The van der Waals surface area contributed by atoms with Gasteiger partial charge in [0.05, 0.1) is 11.8 Å². The van der Waals surface area contributed by atoms with Crippen molar-refractivity contribution in [1.82, 2.24) is 9.88 Å². The number of pyridine rings is 1. The molecule has 1 atom stereocenters. The standard InChI is InChI=1S/C12H18N2O2/c1-9-3-4-12(15)11(13-9)8-14-6-5-10(7-14)16-2/h3-4,10,15H,5-8H2,1-2H3. The van der Waals surface area contributed by atoms with Crippen molar-refractivity contribution in [3.05, 3.63) is 23.5 Å². The molecule has 2 heterocycles. The molecule has 1 aromatic rings. The molecule has 4 nitrogen and oxygen atoms in total. The molecule has 1 aromatic heterocycles. The zero-order valence-electron chi connectivity index (χ0n) is 9.81. The van der Waals surface area contributed by atoms with Crippen LogP contribution in [0.2, 0.25) is 0 Å². The summed E-state index contributed by atoms with van der Waals surface area (Å²) in [5, 5.41) is 9.70. The minimum Gasteiger partial charge on any atom is -0.506 e. The van der Waals surface area contributed by atoms with Crippen LogP contribution in [0.25, 0.3) is 0 Å². The highest BCUT2D eigenvalue weighted by molar-refractivity contribution is 5.27. The first-order valence-electron chi connectivity index (χ1n) is 5.59. The van der Waals surface area contributed by atoms with Crippen LogP contribution in [0.15, 0.2) is 12.1 Å². The summed E-state index contributed by atoms with van der Waals surface area (Å²) in [5.41, 5.74) is 1.70. The normalized spacial score (nSPS) is 21.5. The van der Waals surface area contributed by atoms with E-state index in [1.807, 2.05) is 13.0 Å². The fourth-order valence-corrected chi connectivity index (χ4v) is 2.06. The third kappa shape index (κ3) is 2.51. The van der Waals surface area contributed by atoms with Gasteiger partial charge in [-0.15, -0.1) is 0 Å². The lowest BCUT2D eigenvalue weighted by Gasteiger charge is -2.15. The van der Waals surface area contributed by atoms with E-state index in [-0.39, 0.29) is 5.75 Å². The van der Waals surface area contributed by atoms with Crippen LogP contribution in [-0.4, -0.2) is 41.3 Å². The van der Waals surface area contributed by atoms with E-state index >= 15 is 0 Å². The van der Waals surface area contributed by atoms with Gasteiger partial charge in [-0.3, -0.25) is 9.88 Å². The Labute approximate surface area is 95.9 Å². The van der Waals surface area contributed by atoms with Gasteiger partial charge < -0.3 is 9.84 Å². The smallest absolute Gasteiger partial charge is 0.138 e. The molecular formula is C12H18N2O2. The van der Waals surface area contributed by atoms with Gasteiger partial charge in [-0.05, 0) is 25.5 Å². The van der Waals surface area contributed by atoms with E-state index in [1.54, 1.807) is 13.2 Å².